The Bertz CT molecular complexity index is 791. The molecule has 1 fully saturated rings. The number of aromatic amines is 1. The Labute approximate surface area is 126 Å². The Balaban J connectivity index is 2.00. The Morgan fingerprint density at radius 1 is 1.36 bits per heavy atom. The van der Waals surface area contributed by atoms with Gasteiger partial charge in [0, 0.05) is 23.7 Å². The van der Waals surface area contributed by atoms with Crippen molar-refractivity contribution in [3.05, 3.63) is 34.6 Å². The summed E-state index contributed by atoms with van der Waals surface area (Å²) in [7, 11) is 1.49. The zero-order chi connectivity index (χ0) is 15.9. The van der Waals surface area contributed by atoms with Crippen molar-refractivity contribution >= 4 is 16.9 Å². The van der Waals surface area contributed by atoms with Crippen molar-refractivity contribution in [1.82, 2.24) is 4.98 Å². The number of rotatable bonds is 5. The molecule has 0 radical (unpaired) electrons. The summed E-state index contributed by atoms with van der Waals surface area (Å²) in [5, 5.41) is 9.83. The van der Waals surface area contributed by atoms with Crippen LogP contribution in [0, 0.1) is 5.41 Å². The van der Waals surface area contributed by atoms with Gasteiger partial charge < -0.3 is 19.6 Å². The molecule has 3 rings (SSSR count). The van der Waals surface area contributed by atoms with Crippen molar-refractivity contribution < 1.29 is 19.4 Å². The predicted octanol–water partition coefficient (Wildman–Crippen LogP) is 2.17. The summed E-state index contributed by atoms with van der Waals surface area (Å²) >= 11 is 0. The van der Waals surface area contributed by atoms with Crippen molar-refractivity contribution in [2.75, 3.05) is 7.11 Å². The molecule has 1 aromatic carbocycles. The summed E-state index contributed by atoms with van der Waals surface area (Å²) in [6.07, 6.45) is 2.29. The fourth-order valence-electron chi connectivity index (χ4n) is 2.66. The van der Waals surface area contributed by atoms with E-state index in [2.05, 4.69) is 4.98 Å². The third-order valence-corrected chi connectivity index (χ3v) is 4.34. The van der Waals surface area contributed by atoms with Crippen molar-refractivity contribution in [1.29, 1.82) is 0 Å². The number of fused-ring (bicyclic) bond motifs is 1. The lowest BCUT2D eigenvalue weighted by molar-refractivity contribution is -0.146. The third kappa shape index (κ3) is 2.20. The number of ether oxygens (including phenoxy) is 2. The van der Waals surface area contributed by atoms with Crippen LogP contribution in [-0.2, 0) is 4.79 Å². The van der Waals surface area contributed by atoms with Gasteiger partial charge in [-0.25, -0.2) is 0 Å². The quantitative estimate of drug-likeness (QED) is 0.883. The Hall–Kier alpha value is -2.50. The predicted molar refractivity (Wildman–Crippen MR) is 80.5 cm³/mol. The van der Waals surface area contributed by atoms with E-state index >= 15 is 0 Å². The summed E-state index contributed by atoms with van der Waals surface area (Å²) in [5.41, 5.74) is -0.309. The van der Waals surface area contributed by atoms with Crippen LogP contribution in [0.3, 0.4) is 0 Å². The van der Waals surface area contributed by atoms with Crippen LogP contribution in [0.15, 0.2) is 29.2 Å². The zero-order valence-corrected chi connectivity index (χ0v) is 12.4. The maximum atomic E-state index is 11.8. The first-order chi connectivity index (χ1) is 10.5. The molecule has 1 aromatic heterocycles. The lowest BCUT2D eigenvalue weighted by Gasteiger charge is -2.22. The molecule has 1 aliphatic rings. The molecule has 1 heterocycles. The van der Waals surface area contributed by atoms with E-state index < -0.39 is 17.5 Å². The van der Waals surface area contributed by atoms with E-state index in [9.17, 15) is 14.7 Å². The maximum Gasteiger partial charge on any atom is 0.313 e. The maximum absolute atomic E-state index is 11.8. The average molecular weight is 303 g/mol. The first-order valence-corrected chi connectivity index (χ1v) is 7.07. The van der Waals surface area contributed by atoms with Crippen LogP contribution in [0.1, 0.15) is 19.8 Å². The fourth-order valence-corrected chi connectivity index (χ4v) is 2.66. The van der Waals surface area contributed by atoms with Gasteiger partial charge in [-0.3, -0.25) is 9.59 Å². The molecule has 0 spiro atoms. The van der Waals surface area contributed by atoms with E-state index in [1.54, 1.807) is 25.3 Å². The van der Waals surface area contributed by atoms with Gasteiger partial charge in [0.2, 0.25) is 0 Å². The summed E-state index contributed by atoms with van der Waals surface area (Å²) < 4.78 is 11.1. The lowest BCUT2D eigenvalue weighted by atomic mass is 10.0. The van der Waals surface area contributed by atoms with Gasteiger partial charge in [-0.1, -0.05) is 0 Å². The van der Waals surface area contributed by atoms with E-state index in [1.807, 2.05) is 0 Å². The standard InChI is InChI=1S/C16H17NO5/c1-9(16(4-5-16)15(19)20)22-14-8-11-10(7-13(14)21-2)12(18)3-6-17-11/h3,6-9H,4-5H2,1-2H3,(H,17,18)(H,19,20). The number of carbonyl (C=O) groups is 1. The van der Waals surface area contributed by atoms with Crippen LogP contribution in [0.2, 0.25) is 0 Å². The highest BCUT2D eigenvalue weighted by Crippen LogP contribution is 2.50. The van der Waals surface area contributed by atoms with E-state index in [0.29, 0.717) is 35.2 Å². The molecule has 0 bridgehead atoms. The lowest BCUT2D eigenvalue weighted by Crippen LogP contribution is -2.32. The minimum Gasteiger partial charge on any atom is -0.493 e. The number of aromatic nitrogens is 1. The van der Waals surface area contributed by atoms with Crippen LogP contribution in [0.25, 0.3) is 10.9 Å². The SMILES string of the molecule is COc1cc2c(=O)cc[nH]c2cc1OC(C)C1(C(=O)O)CC1. The van der Waals surface area contributed by atoms with Crippen molar-refractivity contribution in [2.45, 2.75) is 25.9 Å². The second kappa shape index (κ2) is 5.05. The number of hydrogen-bond donors (Lipinski definition) is 2. The summed E-state index contributed by atoms with van der Waals surface area (Å²) in [4.78, 5) is 26.2. The van der Waals surface area contributed by atoms with Crippen molar-refractivity contribution in [2.24, 2.45) is 5.41 Å². The molecule has 2 aromatic rings. The molecule has 2 N–H and O–H groups in total. The van der Waals surface area contributed by atoms with Gasteiger partial charge in [0.15, 0.2) is 16.9 Å². The second-order valence-electron chi connectivity index (χ2n) is 5.61. The summed E-state index contributed by atoms with van der Waals surface area (Å²) in [6.45, 7) is 1.75. The molecule has 1 saturated carbocycles. The molecular formula is C16H17NO5. The third-order valence-electron chi connectivity index (χ3n) is 4.34. The van der Waals surface area contributed by atoms with Crippen molar-refractivity contribution in [3.63, 3.8) is 0 Å². The first-order valence-electron chi connectivity index (χ1n) is 7.07. The van der Waals surface area contributed by atoms with Crippen LogP contribution >= 0.6 is 0 Å². The number of carboxylic acid groups (broad SMARTS) is 1. The molecule has 0 amide bonds. The zero-order valence-electron chi connectivity index (χ0n) is 12.4. The highest BCUT2D eigenvalue weighted by molar-refractivity contribution is 5.82. The molecular weight excluding hydrogens is 286 g/mol. The molecule has 1 atom stereocenters. The van der Waals surface area contributed by atoms with Gasteiger partial charge in [0.05, 0.1) is 12.6 Å². The molecule has 0 saturated heterocycles. The molecule has 22 heavy (non-hydrogen) atoms. The van der Waals surface area contributed by atoms with Crippen LogP contribution in [0.4, 0.5) is 0 Å². The van der Waals surface area contributed by atoms with Gasteiger partial charge in [-0.2, -0.15) is 0 Å². The number of methoxy groups -OCH3 is 1. The van der Waals surface area contributed by atoms with Crippen LogP contribution in [-0.4, -0.2) is 29.3 Å². The molecule has 1 unspecified atom stereocenters. The number of benzene rings is 1. The van der Waals surface area contributed by atoms with Gasteiger partial charge >= 0.3 is 5.97 Å². The Kier molecular flexibility index (Phi) is 3.31. The number of hydrogen-bond acceptors (Lipinski definition) is 4. The number of nitrogens with one attached hydrogen (secondary N) is 1. The Morgan fingerprint density at radius 2 is 2.09 bits per heavy atom. The Morgan fingerprint density at radius 3 is 2.68 bits per heavy atom. The summed E-state index contributed by atoms with van der Waals surface area (Å²) in [5.74, 6) is 0.00211. The van der Waals surface area contributed by atoms with Gasteiger partial charge in [0.1, 0.15) is 11.5 Å². The van der Waals surface area contributed by atoms with Gasteiger partial charge in [0.25, 0.3) is 0 Å². The minimum atomic E-state index is -0.840. The monoisotopic (exact) mass is 303 g/mol. The van der Waals surface area contributed by atoms with E-state index in [1.165, 1.54) is 13.2 Å². The molecule has 1 aliphatic carbocycles. The molecule has 116 valence electrons. The second-order valence-corrected chi connectivity index (χ2v) is 5.61. The van der Waals surface area contributed by atoms with E-state index in [-0.39, 0.29) is 5.43 Å². The van der Waals surface area contributed by atoms with Gasteiger partial charge in [-0.05, 0) is 25.8 Å². The fraction of sp³-hybridized carbons (Fsp3) is 0.375. The normalized spacial score (nSPS) is 17.0. The number of aliphatic carboxylic acids is 1. The van der Waals surface area contributed by atoms with Crippen molar-refractivity contribution in [3.8, 4) is 11.5 Å². The van der Waals surface area contributed by atoms with Crippen LogP contribution in [0.5, 0.6) is 11.5 Å². The highest BCUT2D eigenvalue weighted by atomic mass is 16.5. The smallest absolute Gasteiger partial charge is 0.313 e. The molecule has 0 aliphatic heterocycles. The first kappa shape index (κ1) is 14.4. The minimum absolute atomic E-state index is 0.115. The number of pyridine rings is 1. The molecule has 6 nitrogen and oxygen atoms in total. The number of carboxylic acids is 1. The molecule has 6 heteroatoms. The number of H-pyrrole nitrogens is 1. The summed E-state index contributed by atoms with van der Waals surface area (Å²) in [6, 6.07) is 4.72. The largest absolute Gasteiger partial charge is 0.493 e. The van der Waals surface area contributed by atoms with Crippen LogP contribution < -0.4 is 14.9 Å². The van der Waals surface area contributed by atoms with E-state index in [4.69, 9.17) is 9.47 Å². The van der Waals surface area contributed by atoms with E-state index in [0.717, 1.165) is 0 Å². The average Bonchev–Trinajstić information content (AvgIpc) is 3.28. The van der Waals surface area contributed by atoms with Gasteiger partial charge in [-0.15, -0.1) is 0 Å². The highest BCUT2D eigenvalue weighted by Gasteiger charge is 2.56. The topological polar surface area (TPSA) is 88.6 Å².